The van der Waals surface area contributed by atoms with Crippen LogP contribution in [0.15, 0.2) is 18.3 Å². The zero-order chi connectivity index (χ0) is 12.8. The largest absolute Gasteiger partial charge is 0.362 e. The van der Waals surface area contributed by atoms with Crippen molar-refractivity contribution in [1.82, 2.24) is 10.3 Å². The predicted molar refractivity (Wildman–Crippen MR) is 69.9 cm³/mol. The maximum Gasteiger partial charge on any atom is 0.220 e. The Kier molecular flexibility index (Phi) is 4.94. The molecule has 17 heavy (non-hydrogen) atoms. The molecular formula is C13H21N3O. The minimum atomic E-state index is 0.0913. The lowest BCUT2D eigenvalue weighted by Crippen LogP contribution is -2.25. The summed E-state index contributed by atoms with van der Waals surface area (Å²) in [4.78, 5) is 17.8. The van der Waals surface area contributed by atoms with Gasteiger partial charge in [0.05, 0.1) is 0 Å². The van der Waals surface area contributed by atoms with Crippen LogP contribution in [0.2, 0.25) is 0 Å². The minimum Gasteiger partial charge on any atom is -0.362 e. The van der Waals surface area contributed by atoms with Gasteiger partial charge in [-0.3, -0.25) is 4.79 Å². The van der Waals surface area contributed by atoms with Crippen LogP contribution in [0.4, 0.5) is 5.82 Å². The highest BCUT2D eigenvalue weighted by molar-refractivity contribution is 5.76. The van der Waals surface area contributed by atoms with Gasteiger partial charge in [-0.05, 0) is 12.0 Å². The average Bonchev–Trinajstić information content (AvgIpc) is 2.25. The Balaban J connectivity index is 2.60. The van der Waals surface area contributed by atoms with Crippen LogP contribution in [-0.4, -0.2) is 25.0 Å². The van der Waals surface area contributed by atoms with Crippen molar-refractivity contribution in [3.05, 3.63) is 23.9 Å². The first-order valence-corrected chi connectivity index (χ1v) is 5.88. The van der Waals surface area contributed by atoms with Gasteiger partial charge < -0.3 is 10.2 Å². The van der Waals surface area contributed by atoms with E-state index in [2.05, 4.69) is 10.3 Å². The van der Waals surface area contributed by atoms with Crippen molar-refractivity contribution in [1.29, 1.82) is 0 Å². The molecule has 1 rings (SSSR count). The molecule has 0 bridgehead atoms. The smallest absolute Gasteiger partial charge is 0.220 e. The highest BCUT2D eigenvalue weighted by atomic mass is 16.1. The van der Waals surface area contributed by atoms with E-state index in [9.17, 15) is 4.79 Å². The first-order chi connectivity index (χ1) is 8.00. The fourth-order valence-corrected chi connectivity index (χ4v) is 1.61. The van der Waals surface area contributed by atoms with Gasteiger partial charge in [0.1, 0.15) is 5.82 Å². The van der Waals surface area contributed by atoms with Crippen LogP contribution in [0.1, 0.15) is 25.8 Å². The van der Waals surface area contributed by atoms with Gasteiger partial charge in [-0.1, -0.05) is 19.9 Å². The van der Waals surface area contributed by atoms with Gasteiger partial charge in [-0.15, -0.1) is 0 Å². The van der Waals surface area contributed by atoms with Gasteiger partial charge in [0.25, 0.3) is 0 Å². The zero-order valence-electron chi connectivity index (χ0n) is 11.0. The molecule has 0 radical (unpaired) electrons. The maximum absolute atomic E-state index is 11.6. The topological polar surface area (TPSA) is 45.2 Å². The Morgan fingerprint density at radius 3 is 2.76 bits per heavy atom. The lowest BCUT2D eigenvalue weighted by Gasteiger charge is -2.16. The molecular weight excluding hydrogens is 214 g/mol. The van der Waals surface area contributed by atoms with Gasteiger partial charge in [0.15, 0.2) is 0 Å². The second kappa shape index (κ2) is 6.23. The number of aromatic nitrogens is 1. The Labute approximate surface area is 103 Å². The van der Waals surface area contributed by atoms with Crippen LogP contribution in [-0.2, 0) is 11.3 Å². The third kappa shape index (κ3) is 4.43. The highest BCUT2D eigenvalue weighted by Crippen LogP contribution is 2.13. The summed E-state index contributed by atoms with van der Waals surface area (Å²) >= 11 is 0. The molecule has 1 heterocycles. The number of rotatable bonds is 5. The molecule has 0 unspecified atom stereocenters. The van der Waals surface area contributed by atoms with E-state index >= 15 is 0 Å². The number of hydrogen-bond donors (Lipinski definition) is 1. The predicted octanol–water partition coefficient (Wildman–Crippen LogP) is 1.81. The Hall–Kier alpha value is -1.58. The summed E-state index contributed by atoms with van der Waals surface area (Å²) in [6, 6.07) is 3.87. The number of carbonyl (C=O) groups excluding carboxylic acids is 1. The monoisotopic (exact) mass is 235 g/mol. The van der Waals surface area contributed by atoms with Crippen molar-refractivity contribution < 1.29 is 4.79 Å². The summed E-state index contributed by atoms with van der Waals surface area (Å²) < 4.78 is 0. The van der Waals surface area contributed by atoms with Crippen LogP contribution >= 0.6 is 0 Å². The van der Waals surface area contributed by atoms with Gasteiger partial charge in [-0.2, -0.15) is 0 Å². The molecule has 4 nitrogen and oxygen atoms in total. The van der Waals surface area contributed by atoms with Crippen molar-refractivity contribution in [3.8, 4) is 0 Å². The fourth-order valence-electron chi connectivity index (χ4n) is 1.61. The number of pyridine rings is 1. The van der Waals surface area contributed by atoms with Crippen LogP contribution in [0.25, 0.3) is 0 Å². The van der Waals surface area contributed by atoms with Crippen LogP contribution in [0, 0.1) is 5.92 Å². The Morgan fingerprint density at radius 2 is 2.18 bits per heavy atom. The van der Waals surface area contributed by atoms with E-state index in [4.69, 9.17) is 0 Å². The Bertz CT molecular complexity index is 375. The van der Waals surface area contributed by atoms with Crippen LogP contribution < -0.4 is 10.2 Å². The average molecular weight is 235 g/mol. The molecule has 0 aliphatic rings. The van der Waals surface area contributed by atoms with Crippen molar-refractivity contribution in [2.45, 2.75) is 26.8 Å². The second-order valence-corrected chi connectivity index (χ2v) is 4.76. The molecule has 0 saturated heterocycles. The van der Waals surface area contributed by atoms with Crippen LogP contribution in [0.5, 0.6) is 0 Å². The van der Waals surface area contributed by atoms with Gasteiger partial charge in [-0.25, -0.2) is 4.98 Å². The third-order valence-corrected chi connectivity index (χ3v) is 2.36. The SMILES string of the molecule is CC(C)CC(=O)NCc1cccnc1N(C)C. The molecule has 1 aromatic heterocycles. The lowest BCUT2D eigenvalue weighted by molar-refractivity contribution is -0.121. The molecule has 0 aromatic carbocycles. The van der Waals surface area contributed by atoms with Crippen LogP contribution in [0.3, 0.4) is 0 Å². The van der Waals surface area contributed by atoms with Gasteiger partial charge in [0.2, 0.25) is 5.91 Å². The Morgan fingerprint density at radius 1 is 1.47 bits per heavy atom. The molecule has 1 aromatic rings. The summed E-state index contributed by atoms with van der Waals surface area (Å²) in [5.74, 6) is 1.38. The minimum absolute atomic E-state index is 0.0913. The number of carbonyl (C=O) groups is 1. The molecule has 0 aliphatic heterocycles. The van der Waals surface area contributed by atoms with Crippen molar-refractivity contribution in [2.75, 3.05) is 19.0 Å². The third-order valence-electron chi connectivity index (χ3n) is 2.36. The molecule has 0 atom stereocenters. The van der Waals surface area contributed by atoms with E-state index in [0.29, 0.717) is 18.9 Å². The second-order valence-electron chi connectivity index (χ2n) is 4.76. The molecule has 0 spiro atoms. The maximum atomic E-state index is 11.6. The first-order valence-electron chi connectivity index (χ1n) is 5.88. The first kappa shape index (κ1) is 13.5. The van der Waals surface area contributed by atoms with Gasteiger partial charge >= 0.3 is 0 Å². The number of nitrogens with zero attached hydrogens (tertiary/aromatic N) is 2. The van der Waals surface area contributed by atoms with E-state index in [0.717, 1.165) is 11.4 Å². The quantitative estimate of drug-likeness (QED) is 0.846. The highest BCUT2D eigenvalue weighted by Gasteiger charge is 2.08. The van der Waals surface area contributed by atoms with E-state index < -0.39 is 0 Å². The summed E-state index contributed by atoms with van der Waals surface area (Å²) in [6.45, 7) is 4.61. The summed E-state index contributed by atoms with van der Waals surface area (Å²) in [5.41, 5.74) is 1.04. The molecule has 0 saturated carbocycles. The molecule has 4 heteroatoms. The fraction of sp³-hybridized carbons (Fsp3) is 0.538. The number of anilines is 1. The number of amides is 1. The van der Waals surface area contributed by atoms with Gasteiger partial charge in [0, 0.05) is 38.8 Å². The van der Waals surface area contributed by atoms with Crippen molar-refractivity contribution in [3.63, 3.8) is 0 Å². The van der Waals surface area contributed by atoms with E-state index in [1.54, 1.807) is 6.20 Å². The van der Waals surface area contributed by atoms with Crippen molar-refractivity contribution in [2.24, 2.45) is 5.92 Å². The van der Waals surface area contributed by atoms with E-state index in [-0.39, 0.29) is 5.91 Å². The summed E-state index contributed by atoms with van der Waals surface area (Å²) in [7, 11) is 3.89. The summed E-state index contributed by atoms with van der Waals surface area (Å²) in [6.07, 6.45) is 2.33. The van der Waals surface area contributed by atoms with E-state index in [1.807, 2.05) is 45.0 Å². The normalized spacial score (nSPS) is 10.4. The van der Waals surface area contributed by atoms with Crippen molar-refractivity contribution >= 4 is 11.7 Å². The standard InChI is InChI=1S/C13H21N3O/c1-10(2)8-12(17)15-9-11-6-5-7-14-13(11)16(3)4/h5-7,10H,8-9H2,1-4H3,(H,15,17). The molecule has 1 N–H and O–H groups in total. The lowest BCUT2D eigenvalue weighted by atomic mass is 10.1. The zero-order valence-corrected chi connectivity index (χ0v) is 11.0. The summed E-state index contributed by atoms with van der Waals surface area (Å²) in [5, 5.41) is 2.92. The molecule has 1 amide bonds. The molecule has 94 valence electrons. The number of nitrogens with one attached hydrogen (secondary N) is 1. The number of hydrogen-bond acceptors (Lipinski definition) is 3. The molecule has 0 aliphatic carbocycles. The molecule has 0 fully saturated rings. The van der Waals surface area contributed by atoms with E-state index in [1.165, 1.54) is 0 Å².